The lowest BCUT2D eigenvalue weighted by Gasteiger charge is -2.01. The van der Waals surface area contributed by atoms with E-state index in [1.165, 1.54) is 17.4 Å². The van der Waals surface area contributed by atoms with Crippen LogP contribution in [-0.2, 0) is 4.79 Å². The van der Waals surface area contributed by atoms with E-state index in [1.807, 2.05) is 0 Å². The smallest absolute Gasteiger partial charge is 0.328 e. The van der Waals surface area contributed by atoms with E-state index in [1.54, 1.807) is 24.4 Å². The molecule has 0 saturated carbocycles. The third-order valence-electron chi connectivity index (χ3n) is 2.09. The minimum atomic E-state index is -0.999. The number of carboxylic acids is 1. The summed E-state index contributed by atoms with van der Waals surface area (Å²) in [6.07, 6.45) is 4.12. The number of hydrogen-bond acceptors (Lipinski definition) is 3. The van der Waals surface area contributed by atoms with Crippen LogP contribution in [0.15, 0.2) is 30.5 Å². The van der Waals surface area contributed by atoms with Crippen molar-refractivity contribution < 1.29 is 9.90 Å². The van der Waals surface area contributed by atoms with Crippen LogP contribution in [0.25, 0.3) is 16.6 Å². The molecule has 2 aromatic rings. The predicted molar refractivity (Wildman–Crippen MR) is 74.2 cm³/mol. The van der Waals surface area contributed by atoms with Gasteiger partial charge in [0.05, 0.1) is 10.0 Å². The third kappa shape index (κ3) is 2.90. The van der Waals surface area contributed by atoms with E-state index in [2.05, 4.69) is 4.98 Å². The number of aromatic nitrogens is 1. The Kier molecular flexibility index (Phi) is 4.01. The standard InChI is InChI=1S/C12H7Cl2NO2S/c13-8-2-1-3-9(14)11(8)12-15-6-7(18-12)4-5-10(16)17/h1-6H,(H,16,17)/b5-4+. The molecule has 0 spiro atoms. The Labute approximate surface area is 117 Å². The maximum Gasteiger partial charge on any atom is 0.328 e. The van der Waals surface area contributed by atoms with Gasteiger partial charge in [0.2, 0.25) is 0 Å². The highest BCUT2D eigenvalue weighted by atomic mass is 35.5. The van der Waals surface area contributed by atoms with Crippen LogP contribution in [0.1, 0.15) is 4.88 Å². The summed E-state index contributed by atoms with van der Waals surface area (Å²) in [4.78, 5) is 15.3. The number of hydrogen-bond donors (Lipinski definition) is 1. The van der Waals surface area contributed by atoms with Gasteiger partial charge in [-0.15, -0.1) is 11.3 Å². The van der Waals surface area contributed by atoms with E-state index in [0.29, 0.717) is 20.6 Å². The Balaban J connectivity index is 2.38. The second-order valence-corrected chi connectivity index (χ2v) is 5.21. The van der Waals surface area contributed by atoms with Crippen LogP contribution in [0, 0.1) is 0 Å². The molecule has 92 valence electrons. The molecule has 1 aromatic heterocycles. The molecule has 1 N–H and O–H groups in total. The number of carboxylic acid groups (broad SMARTS) is 1. The maximum atomic E-state index is 10.4. The largest absolute Gasteiger partial charge is 0.478 e. The monoisotopic (exact) mass is 299 g/mol. The second kappa shape index (κ2) is 5.52. The van der Waals surface area contributed by atoms with Crippen LogP contribution in [0.2, 0.25) is 10.0 Å². The van der Waals surface area contributed by atoms with Gasteiger partial charge in [0.15, 0.2) is 0 Å². The molecule has 0 aliphatic rings. The molecule has 0 fully saturated rings. The molecule has 3 nitrogen and oxygen atoms in total. The molecular weight excluding hydrogens is 293 g/mol. The van der Waals surface area contributed by atoms with Crippen molar-refractivity contribution in [2.45, 2.75) is 0 Å². The summed E-state index contributed by atoms with van der Waals surface area (Å²) in [6.45, 7) is 0. The molecule has 0 amide bonds. The molecule has 0 unspecified atom stereocenters. The zero-order chi connectivity index (χ0) is 13.1. The Hall–Kier alpha value is -1.36. The second-order valence-electron chi connectivity index (χ2n) is 3.34. The summed E-state index contributed by atoms with van der Waals surface area (Å²) in [5, 5.41) is 10.2. The maximum absolute atomic E-state index is 10.4. The fourth-order valence-corrected chi connectivity index (χ4v) is 2.92. The van der Waals surface area contributed by atoms with Crippen molar-refractivity contribution in [2.75, 3.05) is 0 Å². The van der Waals surface area contributed by atoms with Gasteiger partial charge in [0, 0.05) is 22.7 Å². The van der Waals surface area contributed by atoms with Gasteiger partial charge in [-0.3, -0.25) is 0 Å². The van der Waals surface area contributed by atoms with Crippen LogP contribution in [0.4, 0.5) is 0 Å². The van der Waals surface area contributed by atoms with Crippen molar-refractivity contribution in [3.63, 3.8) is 0 Å². The zero-order valence-electron chi connectivity index (χ0n) is 8.93. The van der Waals surface area contributed by atoms with E-state index in [0.717, 1.165) is 11.0 Å². The van der Waals surface area contributed by atoms with Gasteiger partial charge in [0.25, 0.3) is 0 Å². The van der Waals surface area contributed by atoms with Gasteiger partial charge in [-0.25, -0.2) is 9.78 Å². The SMILES string of the molecule is O=C(O)/C=C/c1cnc(-c2c(Cl)cccc2Cl)s1. The summed E-state index contributed by atoms with van der Waals surface area (Å²) in [7, 11) is 0. The molecular formula is C12H7Cl2NO2S. The molecule has 0 radical (unpaired) electrons. The van der Waals surface area contributed by atoms with Crippen molar-refractivity contribution in [3.8, 4) is 10.6 Å². The van der Waals surface area contributed by atoms with Crippen LogP contribution in [0.3, 0.4) is 0 Å². The third-order valence-corrected chi connectivity index (χ3v) is 3.70. The van der Waals surface area contributed by atoms with Gasteiger partial charge in [-0.1, -0.05) is 29.3 Å². The molecule has 0 aliphatic carbocycles. The van der Waals surface area contributed by atoms with E-state index in [9.17, 15) is 4.79 Å². The fraction of sp³-hybridized carbons (Fsp3) is 0. The average Bonchev–Trinajstić information content (AvgIpc) is 2.75. The van der Waals surface area contributed by atoms with Crippen LogP contribution >= 0.6 is 34.5 Å². The number of thiazole rings is 1. The molecule has 0 saturated heterocycles. The Bertz CT molecular complexity index is 602. The highest BCUT2D eigenvalue weighted by molar-refractivity contribution is 7.16. The number of nitrogens with zero attached hydrogens (tertiary/aromatic N) is 1. The van der Waals surface area contributed by atoms with Gasteiger partial charge in [-0.2, -0.15) is 0 Å². The van der Waals surface area contributed by atoms with Crippen LogP contribution < -0.4 is 0 Å². The van der Waals surface area contributed by atoms with E-state index >= 15 is 0 Å². The Morgan fingerprint density at radius 3 is 2.61 bits per heavy atom. The first kappa shape index (κ1) is 13.1. The summed E-state index contributed by atoms with van der Waals surface area (Å²) in [6, 6.07) is 5.22. The van der Waals surface area contributed by atoms with Gasteiger partial charge >= 0.3 is 5.97 Å². The van der Waals surface area contributed by atoms with Crippen LogP contribution in [0.5, 0.6) is 0 Å². The van der Waals surface area contributed by atoms with Crippen molar-refractivity contribution >= 4 is 46.6 Å². The van der Waals surface area contributed by atoms with Gasteiger partial charge in [0.1, 0.15) is 5.01 Å². The van der Waals surface area contributed by atoms with Crippen molar-refractivity contribution in [3.05, 3.63) is 45.4 Å². The number of rotatable bonds is 3. The summed E-state index contributed by atoms with van der Waals surface area (Å²) < 4.78 is 0. The first-order chi connectivity index (χ1) is 8.58. The van der Waals surface area contributed by atoms with E-state index < -0.39 is 5.97 Å². The van der Waals surface area contributed by atoms with E-state index in [-0.39, 0.29) is 0 Å². The Morgan fingerprint density at radius 2 is 2.00 bits per heavy atom. The lowest BCUT2D eigenvalue weighted by molar-refractivity contribution is -0.131. The highest BCUT2D eigenvalue weighted by Gasteiger charge is 2.11. The zero-order valence-corrected chi connectivity index (χ0v) is 11.3. The fourth-order valence-electron chi connectivity index (χ4n) is 1.33. The molecule has 2 rings (SSSR count). The quantitative estimate of drug-likeness (QED) is 0.864. The van der Waals surface area contributed by atoms with Crippen molar-refractivity contribution in [1.82, 2.24) is 4.98 Å². The molecule has 1 heterocycles. The van der Waals surface area contributed by atoms with Gasteiger partial charge in [-0.05, 0) is 18.2 Å². The molecule has 0 aliphatic heterocycles. The number of halogens is 2. The Morgan fingerprint density at radius 1 is 1.33 bits per heavy atom. The number of aliphatic carboxylic acids is 1. The first-order valence-corrected chi connectivity index (χ1v) is 6.46. The molecule has 6 heteroatoms. The summed E-state index contributed by atoms with van der Waals surface area (Å²) in [5.74, 6) is -0.999. The lowest BCUT2D eigenvalue weighted by atomic mass is 10.2. The van der Waals surface area contributed by atoms with Crippen LogP contribution in [-0.4, -0.2) is 16.1 Å². The minimum absolute atomic E-state index is 0.519. The summed E-state index contributed by atoms with van der Waals surface area (Å²) in [5.41, 5.74) is 0.667. The molecule has 1 aromatic carbocycles. The van der Waals surface area contributed by atoms with Crippen molar-refractivity contribution in [1.29, 1.82) is 0 Å². The minimum Gasteiger partial charge on any atom is -0.478 e. The van der Waals surface area contributed by atoms with E-state index in [4.69, 9.17) is 28.3 Å². The topological polar surface area (TPSA) is 50.2 Å². The molecule has 0 bridgehead atoms. The normalized spacial score (nSPS) is 11.0. The lowest BCUT2D eigenvalue weighted by Crippen LogP contribution is -1.84. The summed E-state index contributed by atoms with van der Waals surface area (Å²) >= 11 is 13.5. The number of benzene rings is 1. The predicted octanol–water partition coefficient (Wildman–Crippen LogP) is 4.21. The molecule has 18 heavy (non-hydrogen) atoms. The average molecular weight is 300 g/mol. The van der Waals surface area contributed by atoms with Gasteiger partial charge < -0.3 is 5.11 Å². The van der Waals surface area contributed by atoms with Crippen molar-refractivity contribution in [2.24, 2.45) is 0 Å². The molecule has 0 atom stereocenters. The highest BCUT2D eigenvalue weighted by Crippen LogP contribution is 2.36. The first-order valence-electron chi connectivity index (χ1n) is 4.89. The number of carbonyl (C=O) groups is 1.